The van der Waals surface area contributed by atoms with Crippen molar-refractivity contribution in [1.82, 2.24) is 4.98 Å². The lowest BCUT2D eigenvalue weighted by molar-refractivity contribution is 0.623. The second-order valence-electron chi connectivity index (χ2n) is 13.8. The van der Waals surface area contributed by atoms with Crippen molar-refractivity contribution in [3.05, 3.63) is 188 Å². The Morgan fingerprint density at radius 3 is 1.60 bits per heavy atom. The number of fused-ring (bicyclic) bond motifs is 8. The van der Waals surface area contributed by atoms with Gasteiger partial charge in [-0.2, -0.15) is 0 Å². The fraction of sp³-hybridized carbons (Fsp3) is 0. The molecular weight excluding hydrogens is 643 g/mol. The van der Waals surface area contributed by atoms with Crippen molar-refractivity contribution < 1.29 is 4.42 Å². The van der Waals surface area contributed by atoms with E-state index in [0.29, 0.717) is 5.89 Å². The van der Waals surface area contributed by atoms with Crippen LogP contribution in [0.1, 0.15) is 0 Å². The minimum atomic E-state index is 0.637. The summed E-state index contributed by atoms with van der Waals surface area (Å²) in [5.41, 5.74) is 10.0. The molecule has 0 bridgehead atoms. The largest absolute Gasteiger partial charge is 0.435 e. The molecule has 0 saturated carbocycles. The van der Waals surface area contributed by atoms with Gasteiger partial charge in [0, 0.05) is 10.9 Å². The van der Waals surface area contributed by atoms with E-state index < -0.39 is 0 Å². The molecule has 0 amide bonds. The summed E-state index contributed by atoms with van der Waals surface area (Å²) < 4.78 is 6.59. The standard InChI is InChI=1S/C51H31NO/c1-3-12-32(13-4-1)37-26-23-33-16-11-21-43(44(33)30-37)49-41-19-9-7-17-39(41)47(40-18-8-10-20-42(40)49)38-27-24-34-22-25-35-28-29-46-50(48(35)45(34)31-38)53-51(52-46)36-14-5-2-6-15-36/h1-31H. The first-order chi connectivity index (χ1) is 26.3. The van der Waals surface area contributed by atoms with Crippen molar-refractivity contribution in [2.45, 2.75) is 0 Å². The summed E-state index contributed by atoms with van der Waals surface area (Å²) in [6, 6.07) is 67.7. The molecule has 0 aliphatic heterocycles. The van der Waals surface area contributed by atoms with E-state index in [-0.39, 0.29) is 0 Å². The summed E-state index contributed by atoms with van der Waals surface area (Å²) in [6.07, 6.45) is 0. The van der Waals surface area contributed by atoms with Crippen LogP contribution < -0.4 is 0 Å². The summed E-state index contributed by atoms with van der Waals surface area (Å²) in [5, 5.41) is 12.0. The molecule has 0 unspecified atom stereocenters. The van der Waals surface area contributed by atoms with E-state index in [0.717, 1.165) is 32.8 Å². The molecule has 0 atom stereocenters. The molecule has 1 aromatic heterocycles. The maximum absolute atomic E-state index is 6.59. The number of nitrogens with zero attached hydrogens (tertiary/aromatic N) is 1. The molecule has 0 aliphatic carbocycles. The Morgan fingerprint density at radius 1 is 0.340 bits per heavy atom. The predicted molar refractivity (Wildman–Crippen MR) is 223 cm³/mol. The van der Waals surface area contributed by atoms with Gasteiger partial charge in [-0.05, 0) is 112 Å². The highest BCUT2D eigenvalue weighted by Crippen LogP contribution is 2.46. The minimum absolute atomic E-state index is 0.637. The van der Waals surface area contributed by atoms with E-state index in [1.54, 1.807) is 0 Å². The van der Waals surface area contributed by atoms with Crippen molar-refractivity contribution in [3.8, 4) is 44.8 Å². The molecular formula is C51H31NO. The molecule has 246 valence electrons. The maximum Gasteiger partial charge on any atom is 0.227 e. The molecule has 0 saturated heterocycles. The van der Waals surface area contributed by atoms with Crippen molar-refractivity contribution in [2.24, 2.45) is 0 Å². The Labute approximate surface area is 306 Å². The molecule has 53 heavy (non-hydrogen) atoms. The molecule has 2 heteroatoms. The normalized spacial score (nSPS) is 11.8. The zero-order valence-electron chi connectivity index (χ0n) is 28.8. The summed E-state index contributed by atoms with van der Waals surface area (Å²) in [5.74, 6) is 0.637. The molecule has 1 heterocycles. The van der Waals surface area contributed by atoms with Crippen LogP contribution in [0, 0.1) is 0 Å². The van der Waals surface area contributed by atoms with Gasteiger partial charge in [-0.3, -0.25) is 0 Å². The van der Waals surface area contributed by atoms with Gasteiger partial charge in [0.2, 0.25) is 5.89 Å². The Hall–Kier alpha value is -7.03. The summed E-state index contributed by atoms with van der Waals surface area (Å²) in [6.45, 7) is 0. The van der Waals surface area contributed by atoms with Crippen molar-refractivity contribution in [2.75, 3.05) is 0 Å². The van der Waals surface area contributed by atoms with Gasteiger partial charge in [-0.15, -0.1) is 0 Å². The second-order valence-corrected chi connectivity index (χ2v) is 13.8. The first-order valence-electron chi connectivity index (χ1n) is 18.1. The predicted octanol–water partition coefficient (Wildman–Crippen LogP) is 14.3. The number of rotatable bonds is 4. The van der Waals surface area contributed by atoms with E-state index >= 15 is 0 Å². The molecule has 2 nitrogen and oxygen atoms in total. The van der Waals surface area contributed by atoms with E-state index in [2.05, 4.69) is 158 Å². The SMILES string of the molecule is c1ccc(-c2ccc3cccc(-c4c5ccccc5c(-c5ccc6ccc7ccc8nc(-c9ccccc9)oc8c7c6c5)c5ccccc45)c3c2)cc1. The van der Waals surface area contributed by atoms with Crippen molar-refractivity contribution in [1.29, 1.82) is 0 Å². The van der Waals surface area contributed by atoms with Gasteiger partial charge < -0.3 is 4.42 Å². The van der Waals surface area contributed by atoms with Crippen LogP contribution >= 0.6 is 0 Å². The van der Waals surface area contributed by atoms with Gasteiger partial charge >= 0.3 is 0 Å². The Bertz CT molecular complexity index is 3160. The van der Waals surface area contributed by atoms with Crippen LogP contribution in [0.15, 0.2) is 192 Å². The van der Waals surface area contributed by atoms with Gasteiger partial charge in [-0.1, -0.05) is 158 Å². The van der Waals surface area contributed by atoms with Crippen LogP contribution in [0.4, 0.5) is 0 Å². The molecule has 0 radical (unpaired) electrons. The van der Waals surface area contributed by atoms with Crippen LogP contribution in [0.5, 0.6) is 0 Å². The first-order valence-corrected chi connectivity index (χ1v) is 18.1. The van der Waals surface area contributed by atoms with Crippen LogP contribution in [0.3, 0.4) is 0 Å². The number of benzene rings is 10. The summed E-state index contributed by atoms with van der Waals surface area (Å²) in [7, 11) is 0. The third-order valence-electron chi connectivity index (χ3n) is 10.9. The molecule has 10 aromatic carbocycles. The number of aromatic nitrogens is 1. The van der Waals surface area contributed by atoms with E-state index in [4.69, 9.17) is 9.40 Å². The third kappa shape index (κ3) is 4.70. The highest BCUT2D eigenvalue weighted by Gasteiger charge is 2.20. The quantitative estimate of drug-likeness (QED) is 0.137. The highest BCUT2D eigenvalue weighted by molar-refractivity contribution is 6.25. The lowest BCUT2D eigenvalue weighted by Crippen LogP contribution is -1.92. The molecule has 0 fully saturated rings. The van der Waals surface area contributed by atoms with Crippen LogP contribution in [-0.2, 0) is 0 Å². The van der Waals surface area contributed by atoms with E-state index in [1.807, 2.05) is 30.3 Å². The average Bonchev–Trinajstić information content (AvgIpc) is 3.68. The number of hydrogen-bond acceptors (Lipinski definition) is 2. The maximum atomic E-state index is 6.59. The molecule has 0 N–H and O–H groups in total. The zero-order valence-corrected chi connectivity index (χ0v) is 28.8. The van der Waals surface area contributed by atoms with Crippen LogP contribution in [0.25, 0.3) is 110 Å². The van der Waals surface area contributed by atoms with Gasteiger partial charge in [-0.25, -0.2) is 4.98 Å². The van der Waals surface area contributed by atoms with Crippen LogP contribution in [0.2, 0.25) is 0 Å². The summed E-state index contributed by atoms with van der Waals surface area (Å²) in [4.78, 5) is 4.92. The van der Waals surface area contributed by atoms with Gasteiger partial charge in [0.1, 0.15) is 5.52 Å². The lowest BCUT2D eigenvalue weighted by Gasteiger charge is -2.19. The monoisotopic (exact) mass is 673 g/mol. The topological polar surface area (TPSA) is 26.0 Å². The van der Waals surface area contributed by atoms with Crippen molar-refractivity contribution >= 4 is 65.0 Å². The molecule has 11 rings (SSSR count). The highest BCUT2D eigenvalue weighted by atomic mass is 16.3. The van der Waals surface area contributed by atoms with E-state index in [9.17, 15) is 0 Å². The lowest BCUT2D eigenvalue weighted by atomic mass is 9.84. The van der Waals surface area contributed by atoms with Gasteiger partial charge in [0.05, 0.1) is 0 Å². The van der Waals surface area contributed by atoms with E-state index in [1.165, 1.54) is 71.1 Å². The molecule has 0 aliphatic rings. The van der Waals surface area contributed by atoms with Crippen molar-refractivity contribution in [3.63, 3.8) is 0 Å². The molecule has 11 aromatic rings. The van der Waals surface area contributed by atoms with Crippen LogP contribution in [-0.4, -0.2) is 4.98 Å². The zero-order chi connectivity index (χ0) is 34.9. The summed E-state index contributed by atoms with van der Waals surface area (Å²) >= 11 is 0. The Balaban J connectivity index is 1.18. The molecule has 0 spiro atoms. The number of oxazole rings is 1. The van der Waals surface area contributed by atoms with Gasteiger partial charge in [0.25, 0.3) is 0 Å². The Morgan fingerprint density at radius 2 is 0.887 bits per heavy atom. The minimum Gasteiger partial charge on any atom is -0.435 e. The van der Waals surface area contributed by atoms with Gasteiger partial charge in [0.15, 0.2) is 5.58 Å². The Kier molecular flexibility index (Phi) is 6.59. The fourth-order valence-corrected chi connectivity index (χ4v) is 8.41. The average molecular weight is 674 g/mol. The first kappa shape index (κ1) is 29.7. The second kappa shape index (κ2) is 11.8. The fourth-order valence-electron chi connectivity index (χ4n) is 8.41. The third-order valence-corrected chi connectivity index (χ3v) is 10.9. The number of hydrogen-bond donors (Lipinski definition) is 0. The smallest absolute Gasteiger partial charge is 0.227 e.